The second kappa shape index (κ2) is 22.2. The Morgan fingerprint density at radius 1 is 0.625 bits per heavy atom. The summed E-state index contributed by atoms with van der Waals surface area (Å²) in [6, 6.07) is 7.80. The van der Waals surface area contributed by atoms with Gasteiger partial charge < -0.3 is 52.1 Å². The molecule has 0 spiro atoms. The van der Waals surface area contributed by atoms with Crippen molar-refractivity contribution in [1.29, 1.82) is 5.26 Å². The third kappa shape index (κ3) is 12.8. The zero-order valence-electron chi connectivity index (χ0n) is 35.9. The molecule has 0 amide bonds. The highest BCUT2D eigenvalue weighted by molar-refractivity contribution is 7.99. The van der Waals surface area contributed by atoms with Crippen LogP contribution in [0.4, 0.5) is 0 Å². The molecule has 0 aliphatic carbocycles. The monoisotopic (exact) mass is 919 g/mol. The highest BCUT2D eigenvalue weighted by Gasteiger charge is 2.56. The Hall–Kier alpha value is -6.58. The highest BCUT2D eigenvalue weighted by atomic mass is 32.2. The summed E-state index contributed by atoms with van der Waals surface area (Å²) >= 11 is 0.489. The van der Waals surface area contributed by atoms with Crippen molar-refractivity contribution in [2.75, 3.05) is 20.3 Å². The Labute approximate surface area is 368 Å². The van der Waals surface area contributed by atoms with Gasteiger partial charge in [0.2, 0.25) is 0 Å². The van der Waals surface area contributed by atoms with E-state index < -0.39 is 138 Å². The highest BCUT2D eigenvalue weighted by Crippen LogP contribution is 2.41. The summed E-state index contributed by atoms with van der Waals surface area (Å²) in [5.41, 5.74) is -3.51. The first-order chi connectivity index (χ1) is 30.1. The average Bonchev–Trinajstić information content (AvgIpc) is 3.19. The van der Waals surface area contributed by atoms with E-state index in [-0.39, 0.29) is 11.3 Å². The largest absolute Gasteiger partial charge is 0.497 e. The number of ether oxygens (including phenoxy) is 11. The van der Waals surface area contributed by atoms with Crippen LogP contribution in [0.1, 0.15) is 67.2 Å². The number of carbonyl (C=O) groups is 8. The van der Waals surface area contributed by atoms with E-state index in [0.717, 1.165) is 60.0 Å². The van der Waals surface area contributed by atoms with Gasteiger partial charge in [-0.25, -0.2) is 4.98 Å². The average molecular weight is 920 g/mol. The molecule has 3 heterocycles. The number of rotatable bonds is 15. The van der Waals surface area contributed by atoms with Crippen molar-refractivity contribution in [3.8, 4) is 23.1 Å². The summed E-state index contributed by atoms with van der Waals surface area (Å²) in [6.45, 7) is 6.82. The first-order valence-corrected chi connectivity index (χ1v) is 20.0. The lowest BCUT2D eigenvalue weighted by atomic mass is 9.96. The van der Waals surface area contributed by atoms with E-state index in [4.69, 9.17) is 57.1 Å². The Balaban J connectivity index is 2.11. The van der Waals surface area contributed by atoms with E-state index in [9.17, 15) is 43.6 Å². The Morgan fingerprint density at radius 3 is 1.48 bits per heavy atom. The molecular weight excluding hydrogens is 875 g/mol. The van der Waals surface area contributed by atoms with Gasteiger partial charge in [0.1, 0.15) is 42.8 Å². The van der Waals surface area contributed by atoms with E-state index in [1.807, 2.05) is 6.07 Å². The van der Waals surface area contributed by atoms with Gasteiger partial charge in [0.05, 0.1) is 12.8 Å². The lowest BCUT2D eigenvalue weighted by molar-refractivity contribution is -0.270. The summed E-state index contributed by atoms with van der Waals surface area (Å²) in [5, 5.41) is 10.1. The van der Waals surface area contributed by atoms with Crippen molar-refractivity contribution in [1.82, 2.24) is 9.55 Å². The molecule has 2 aliphatic rings. The maximum Gasteiger partial charge on any atom is 0.303 e. The number of methoxy groups -OCH3 is 1. The van der Waals surface area contributed by atoms with Crippen molar-refractivity contribution in [2.45, 2.75) is 121 Å². The number of hydrogen-bond acceptors (Lipinski definition) is 23. The topological polar surface area (TPSA) is 297 Å². The zero-order valence-corrected chi connectivity index (χ0v) is 36.7. The first-order valence-electron chi connectivity index (χ1n) is 19.1. The third-order valence-corrected chi connectivity index (χ3v) is 10.1. The van der Waals surface area contributed by atoms with Crippen LogP contribution in [0.3, 0.4) is 0 Å². The molecule has 0 unspecified atom stereocenters. The van der Waals surface area contributed by atoms with Crippen LogP contribution in [-0.2, 0) is 85.7 Å². The second-order valence-electron chi connectivity index (χ2n) is 13.9. The van der Waals surface area contributed by atoms with E-state index in [1.165, 1.54) is 31.4 Å². The second-order valence-corrected chi connectivity index (χ2v) is 15.0. The van der Waals surface area contributed by atoms with Crippen molar-refractivity contribution in [2.24, 2.45) is 0 Å². The third-order valence-electron chi connectivity index (χ3n) is 8.95. The molecule has 0 saturated carbocycles. The molecule has 2 saturated heterocycles. The van der Waals surface area contributed by atoms with Gasteiger partial charge in [0.25, 0.3) is 5.56 Å². The fourth-order valence-corrected chi connectivity index (χ4v) is 7.88. The molecule has 0 bridgehead atoms. The number of nitriles is 1. The number of hydrogen-bond donors (Lipinski definition) is 0. The van der Waals surface area contributed by atoms with E-state index in [1.54, 1.807) is 0 Å². The first kappa shape index (κ1) is 50.1. The molecule has 1 aromatic heterocycles. The van der Waals surface area contributed by atoms with Gasteiger partial charge in [-0.1, -0.05) is 11.8 Å². The molecule has 2 aliphatic heterocycles. The fraction of sp³-hybridized carbons (Fsp3) is 0.525. The van der Waals surface area contributed by atoms with Crippen LogP contribution in [0.5, 0.6) is 5.75 Å². The Kier molecular flexibility index (Phi) is 17.3. The smallest absolute Gasteiger partial charge is 0.303 e. The van der Waals surface area contributed by atoms with Crippen molar-refractivity contribution in [3.63, 3.8) is 0 Å². The maximum absolute atomic E-state index is 15.0. The molecule has 23 nitrogen and oxygen atoms in total. The predicted octanol–water partition coefficient (Wildman–Crippen LogP) is 1.22. The molecule has 24 heteroatoms. The summed E-state index contributed by atoms with van der Waals surface area (Å²) < 4.78 is 62.4. The number of carbonyl (C=O) groups excluding carboxylic acids is 8. The SMILES string of the molecule is COc1ccc(-c2nc(S[C@@H]3O[C@H](COC(C)=O)[C@H](OC(C)=O)[C@H](OC(C)=O)[C@H]3OC(C)=O)n([C@@H]3O[C@H](COC(C)=O)[C@H](OC(C)=O)[C@H](OC(C)=O)[C@H]3OC(C)=O)c(=O)c2C#N)cc1. The van der Waals surface area contributed by atoms with Gasteiger partial charge in [-0.3, -0.25) is 47.7 Å². The predicted molar refractivity (Wildman–Crippen MR) is 210 cm³/mol. The van der Waals surface area contributed by atoms with Gasteiger partial charge >= 0.3 is 47.8 Å². The molecule has 0 radical (unpaired) electrons. The minimum atomic E-state index is -1.99. The number of thioether (sulfide) groups is 1. The summed E-state index contributed by atoms with van der Waals surface area (Å²) in [5.74, 6) is -6.99. The van der Waals surface area contributed by atoms with Crippen LogP contribution in [0.2, 0.25) is 0 Å². The lowest BCUT2D eigenvalue weighted by Crippen LogP contribution is -2.62. The molecule has 0 N–H and O–H groups in total. The van der Waals surface area contributed by atoms with Crippen molar-refractivity contribution in [3.05, 3.63) is 40.2 Å². The molecule has 1 aromatic carbocycles. The van der Waals surface area contributed by atoms with Crippen LogP contribution in [0, 0.1) is 11.3 Å². The zero-order chi connectivity index (χ0) is 47.6. The molecule has 2 fully saturated rings. The van der Waals surface area contributed by atoms with Crippen molar-refractivity contribution >= 4 is 59.5 Å². The lowest BCUT2D eigenvalue weighted by Gasteiger charge is -2.45. The fourth-order valence-electron chi connectivity index (χ4n) is 6.68. The van der Waals surface area contributed by atoms with Crippen LogP contribution in [0.25, 0.3) is 11.3 Å². The number of nitrogens with zero attached hydrogens (tertiary/aromatic N) is 3. The van der Waals surface area contributed by atoms with Crippen LogP contribution < -0.4 is 10.3 Å². The molecule has 10 atom stereocenters. The minimum absolute atomic E-state index is 0.187. The van der Waals surface area contributed by atoms with Gasteiger partial charge in [-0.05, 0) is 24.3 Å². The summed E-state index contributed by atoms with van der Waals surface area (Å²) in [4.78, 5) is 119. The van der Waals surface area contributed by atoms with Gasteiger partial charge in [-0.15, -0.1) is 0 Å². The van der Waals surface area contributed by atoms with Gasteiger partial charge in [0.15, 0.2) is 53.4 Å². The number of esters is 8. The quantitative estimate of drug-likeness (QED) is 0.138. The minimum Gasteiger partial charge on any atom is -0.497 e. The number of aromatic nitrogens is 2. The van der Waals surface area contributed by atoms with Gasteiger partial charge in [-0.2, -0.15) is 5.26 Å². The van der Waals surface area contributed by atoms with Crippen LogP contribution in [0.15, 0.2) is 34.2 Å². The number of benzene rings is 1. The van der Waals surface area contributed by atoms with Crippen LogP contribution in [-0.4, -0.2) is 132 Å². The molecule has 64 heavy (non-hydrogen) atoms. The Morgan fingerprint density at radius 2 is 1.05 bits per heavy atom. The summed E-state index contributed by atoms with van der Waals surface area (Å²) in [6.07, 6.45) is -15.4. The molecular formula is C40H45N3O20S. The molecule has 4 rings (SSSR count). The molecule has 346 valence electrons. The van der Waals surface area contributed by atoms with E-state index in [2.05, 4.69) is 0 Å². The normalized spacial score (nSPS) is 24.9. The van der Waals surface area contributed by atoms with Gasteiger partial charge in [0, 0.05) is 61.0 Å². The van der Waals surface area contributed by atoms with Crippen LogP contribution >= 0.6 is 11.8 Å². The van der Waals surface area contributed by atoms with E-state index >= 15 is 4.79 Å². The van der Waals surface area contributed by atoms with E-state index in [0.29, 0.717) is 17.5 Å². The summed E-state index contributed by atoms with van der Waals surface area (Å²) in [7, 11) is 1.41. The Bertz CT molecular complexity index is 2220. The maximum atomic E-state index is 15.0. The molecule has 2 aromatic rings. The standard InChI is InChI=1S/C40H45N3O20S/c1-17(44)54-15-28-31(56-19(3)46)33(58-21(5)48)35(60-23(7)50)38(62-28)43-37(52)27(14-41)30(25-10-12-26(53-9)13-11-25)42-40(43)64-39-36(61-24(8)51)34(59-22(6)49)32(57-20(4)47)29(63-39)16-55-18(2)45/h10-13,28-29,31-36,38-39H,15-16H2,1-9H3/t28-,29-,31+,32+,33+,34+,35-,36-,38-,39+/m1/s1. The van der Waals surface area contributed by atoms with Crippen molar-refractivity contribution < 1.29 is 90.5 Å².